The minimum atomic E-state index is -2.61. The van der Waals surface area contributed by atoms with Gasteiger partial charge in [0.15, 0.2) is 5.60 Å². The number of carboxylic acid groups (broad SMARTS) is 2. The van der Waals surface area contributed by atoms with E-state index in [0.29, 0.717) is 0 Å². The molecule has 0 rings (SSSR count). The molecule has 0 heterocycles. The average Bonchev–Trinajstić information content (AvgIpc) is 2.02. The van der Waals surface area contributed by atoms with Gasteiger partial charge < -0.3 is 20.0 Å². The van der Waals surface area contributed by atoms with Crippen LogP contribution in [0.3, 0.4) is 0 Å². The van der Waals surface area contributed by atoms with Crippen molar-refractivity contribution in [1.82, 2.24) is 0 Å². The molecular formula is C6H10BNaO7. The van der Waals surface area contributed by atoms with Crippen molar-refractivity contribution in [3.8, 4) is 0 Å². The van der Waals surface area contributed by atoms with E-state index in [0.717, 1.165) is 8.05 Å². The zero-order valence-corrected chi connectivity index (χ0v) is 7.39. The quantitative estimate of drug-likeness (QED) is 0.431. The fraction of sp³-hybridized carbons (Fsp3) is 0.500. The SMILES string of the molecule is BOC(=O)CC(O)(CC(=O)O)C(=O)O.[NaH]. The molecule has 0 aromatic heterocycles. The molecule has 15 heavy (non-hydrogen) atoms. The number of carboxylic acids is 2. The van der Waals surface area contributed by atoms with E-state index < -0.39 is 36.4 Å². The molecule has 1 unspecified atom stereocenters. The van der Waals surface area contributed by atoms with E-state index in [1.165, 1.54) is 0 Å². The molecule has 0 radical (unpaired) electrons. The summed E-state index contributed by atoms with van der Waals surface area (Å²) < 4.78 is 4.12. The number of hydrogen-bond donors (Lipinski definition) is 3. The summed E-state index contributed by atoms with van der Waals surface area (Å²) in [6.45, 7) is 0. The second-order valence-corrected chi connectivity index (χ2v) is 2.66. The normalized spacial score (nSPS) is 13.1. The van der Waals surface area contributed by atoms with E-state index in [1.807, 2.05) is 0 Å². The van der Waals surface area contributed by atoms with Crippen LogP contribution in [-0.4, -0.2) is 76.4 Å². The molecule has 0 saturated carbocycles. The van der Waals surface area contributed by atoms with Crippen LogP contribution in [-0.2, 0) is 19.0 Å². The Morgan fingerprint density at radius 3 is 1.93 bits per heavy atom. The average molecular weight is 228 g/mol. The van der Waals surface area contributed by atoms with Crippen LogP contribution in [0.2, 0.25) is 0 Å². The van der Waals surface area contributed by atoms with Gasteiger partial charge in [-0.1, -0.05) is 0 Å². The van der Waals surface area contributed by atoms with Crippen LogP contribution in [0.4, 0.5) is 0 Å². The predicted octanol–water partition coefficient (Wildman–Crippen LogP) is -2.89. The van der Waals surface area contributed by atoms with Crippen LogP contribution in [0.15, 0.2) is 0 Å². The van der Waals surface area contributed by atoms with Crippen molar-refractivity contribution in [2.45, 2.75) is 18.4 Å². The van der Waals surface area contributed by atoms with Gasteiger partial charge in [-0.25, -0.2) is 4.79 Å². The van der Waals surface area contributed by atoms with E-state index in [9.17, 15) is 19.5 Å². The molecule has 7 nitrogen and oxygen atoms in total. The first-order valence-electron chi connectivity index (χ1n) is 3.56. The minimum absolute atomic E-state index is 0. The third kappa shape index (κ3) is 5.78. The summed E-state index contributed by atoms with van der Waals surface area (Å²) in [4.78, 5) is 31.4. The molecule has 0 saturated heterocycles. The molecule has 80 valence electrons. The van der Waals surface area contributed by atoms with Crippen LogP contribution in [0.5, 0.6) is 0 Å². The summed E-state index contributed by atoms with van der Waals surface area (Å²) in [6, 6.07) is 0. The Kier molecular flexibility index (Phi) is 7.68. The summed E-state index contributed by atoms with van der Waals surface area (Å²) in [5.74, 6) is -4.28. The standard InChI is InChI=1S/C6H9BO7.Na.H/c7-14-4(10)2-6(13,5(11)12)1-3(8)9;;/h13H,1-2,7H2,(H,8,9)(H,11,12);;. The molecule has 3 N–H and O–H groups in total. The van der Waals surface area contributed by atoms with Gasteiger partial charge in [-0.15, -0.1) is 0 Å². The number of aliphatic hydroxyl groups is 1. The summed E-state index contributed by atoms with van der Waals surface area (Å²) in [7, 11) is 1.01. The van der Waals surface area contributed by atoms with Gasteiger partial charge in [0.1, 0.15) is 0 Å². The summed E-state index contributed by atoms with van der Waals surface area (Å²) in [5, 5.41) is 26.1. The van der Waals surface area contributed by atoms with Crippen LogP contribution >= 0.6 is 0 Å². The van der Waals surface area contributed by atoms with Crippen LogP contribution in [0.1, 0.15) is 12.8 Å². The summed E-state index contributed by atoms with van der Waals surface area (Å²) in [5.41, 5.74) is -2.61. The molecule has 0 bridgehead atoms. The van der Waals surface area contributed by atoms with Gasteiger partial charge in [0.25, 0.3) is 5.97 Å². The van der Waals surface area contributed by atoms with Crippen LogP contribution in [0.25, 0.3) is 0 Å². The number of hydrogen-bond acceptors (Lipinski definition) is 5. The molecule has 1 atom stereocenters. The molecule has 0 aliphatic heterocycles. The molecule has 0 fully saturated rings. The number of aliphatic carboxylic acids is 2. The Morgan fingerprint density at radius 1 is 1.20 bits per heavy atom. The zero-order valence-electron chi connectivity index (χ0n) is 7.39. The molecule has 0 amide bonds. The third-order valence-corrected chi connectivity index (χ3v) is 1.51. The van der Waals surface area contributed by atoms with Gasteiger partial charge in [0, 0.05) is 0 Å². The number of carbonyl (C=O) groups is 3. The Morgan fingerprint density at radius 2 is 1.67 bits per heavy atom. The maximum atomic E-state index is 10.7. The molecule has 0 aromatic carbocycles. The molecule has 9 heteroatoms. The second-order valence-electron chi connectivity index (χ2n) is 2.66. The van der Waals surface area contributed by atoms with Crippen molar-refractivity contribution in [3.05, 3.63) is 0 Å². The van der Waals surface area contributed by atoms with Crippen LogP contribution < -0.4 is 0 Å². The van der Waals surface area contributed by atoms with Crippen LogP contribution in [0, 0.1) is 0 Å². The third-order valence-electron chi connectivity index (χ3n) is 1.51. The molecule has 0 aliphatic rings. The fourth-order valence-electron chi connectivity index (χ4n) is 0.775. The summed E-state index contributed by atoms with van der Waals surface area (Å²) >= 11 is 0. The van der Waals surface area contributed by atoms with E-state index in [4.69, 9.17) is 10.2 Å². The first-order chi connectivity index (χ1) is 6.31. The second kappa shape index (κ2) is 6.83. The predicted molar refractivity (Wildman–Crippen MR) is 51.2 cm³/mol. The van der Waals surface area contributed by atoms with E-state index in [-0.39, 0.29) is 29.6 Å². The van der Waals surface area contributed by atoms with Gasteiger partial charge >= 0.3 is 49.5 Å². The molecular weight excluding hydrogens is 218 g/mol. The molecule has 0 spiro atoms. The molecule has 0 aliphatic carbocycles. The summed E-state index contributed by atoms with van der Waals surface area (Å²) in [6.07, 6.45) is -1.96. The van der Waals surface area contributed by atoms with Crippen molar-refractivity contribution in [2.75, 3.05) is 0 Å². The van der Waals surface area contributed by atoms with Gasteiger partial charge in [-0.05, 0) is 0 Å². The number of carbonyl (C=O) groups excluding carboxylic acids is 1. The zero-order chi connectivity index (χ0) is 11.4. The fourth-order valence-corrected chi connectivity index (χ4v) is 0.775. The van der Waals surface area contributed by atoms with E-state index >= 15 is 0 Å². The van der Waals surface area contributed by atoms with E-state index in [1.54, 1.807) is 0 Å². The monoisotopic (exact) mass is 228 g/mol. The van der Waals surface area contributed by atoms with Gasteiger partial charge in [0.05, 0.1) is 12.8 Å². The Bertz CT molecular complexity index is 268. The first kappa shape index (κ1) is 16.8. The van der Waals surface area contributed by atoms with Gasteiger partial charge in [0.2, 0.25) is 0 Å². The van der Waals surface area contributed by atoms with Gasteiger partial charge in [-0.3, -0.25) is 9.59 Å². The van der Waals surface area contributed by atoms with Crippen molar-refractivity contribution >= 4 is 55.5 Å². The van der Waals surface area contributed by atoms with Crippen molar-refractivity contribution < 1.29 is 34.4 Å². The Hall–Kier alpha value is -0.565. The first-order valence-corrected chi connectivity index (χ1v) is 3.56. The van der Waals surface area contributed by atoms with Gasteiger partial charge in [-0.2, -0.15) is 0 Å². The maximum absolute atomic E-state index is 10.7. The Labute approximate surface area is 108 Å². The topological polar surface area (TPSA) is 121 Å². The number of rotatable bonds is 5. The molecule has 0 aromatic rings. The Balaban J connectivity index is 0. The van der Waals surface area contributed by atoms with Crippen molar-refractivity contribution in [2.24, 2.45) is 0 Å². The van der Waals surface area contributed by atoms with Crippen molar-refractivity contribution in [1.29, 1.82) is 0 Å². The van der Waals surface area contributed by atoms with Crippen molar-refractivity contribution in [3.63, 3.8) is 0 Å². The van der Waals surface area contributed by atoms with E-state index in [2.05, 4.69) is 4.65 Å².